The van der Waals surface area contributed by atoms with Crippen molar-refractivity contribution < 1.29 is 4.74 Å². The lowest BCUT2D eigenvalue weighted by atomic mass is 10.2. The molecule has 0 atom stereocenters. The van der Waals surface area contributed by atoms with Gasteiger partial charge in [0, 0.05) is 0 Å². The van der Waals surface area contributed by atoms with E-state index in [-0.39, 0.29) is 0 Å². The Morgan fingerprint density at radius 3 is 2.90 bits per heavy atom. The van der Waals surface area contributed by atoms with Crippen LogP contribution < -0.4 is 4.74 Å². The SMILES string of the molecule is Cc1nc2ccccc2n1CCOc1cccc(C#N)c1. The van der Waals surface area contributed by atoms with Gasteiger partial charge in [0.2, 0.25) is 0 Å². The van der Waals surface area contributed by atoms with Gasteiger partial charge < -0.3 is 9.30 Å². The van der Waals surface area contributed by atoms with Gasteiger partial charge >= 0.3 is 0 Å². The molecule has 0 spiro atoms. The maximum absolute atomic E-state index is 8.87. The zero-order chi connectivity index (χ0) is 14.7. The smallest absolute Gasteiger partial charge is 0.120 e. The zero-order valence-electron chi connectivity index (χ0n) is 11.8. The third-order valence-electron chi connectivity index (χ3n) is 3.39. The largest absolute Gasteiger partial charge is 0.492 e. The standard InChI is InChI=1S/C17H15N3O/c1-13-19-16-7-2-3-8-17(16)20(13)9-10-21-15-6-4-5-14(11-15)12-18/h2-8,11H,9-10H2,1H3. The molecule has 0 aliphatic carbocycles. The molecule has 2 aromatic carbocycles. The minimum Gasteiger partial charge on any atom is -0.492 e. The van der Waals surface area contributed by atoms with Crippen molar-refractivity contribution >= 4 is 11.0 Å². The first-order valence-electron chi connectivity index (χ1n) is 6.83. The summed E-state index contributed by atoms with van der Waals surface area (Å²) in [5.74, 6) is 1.70. The first-order valence-corrected chi connectivity index (χ1v) is 6.83. The van der Waals surface area contributed by atoms with Crippen LogP contribution in [0.5, 0.6) is 5.75 Å². The van der Waals surface area contributed by atoms with Gasteiger partial charge in [0.25, 0.3) is 0 Å². The molecular formula is C17H15N3O. The number of rotatable bonds is 4. The second-order valence-corrected chi connectivity index (χ2v) is 4.79. The highest BCUT2D eigenvalue weighted by Gasteiger charge is 2.06. The zero-order valence-corrected chi connectivity index (χ0v) is 11.8. The van der Waals surface area contributed by atoms with Crippen LogP contribution in [0.3, 0.4) is 0 Å². The van der Waals surface area contributed by atoms with E-state index < -0.39 is 0 Å². The van der Waals surface area contributed by atoms with E-state index in [4.69, 9.17) is 10.00 Å². The molecule has 0 saturated carbocycles. The number of aromatic nitrogens is 2. The van der Waals surface area contributed by atoms with Crippen molar-refractivity contribution in [2.24, 2.45) is 0 Å². The fourth-order valence-electron chi connectivity index (χ4n) is 2.39. The van der Waals surface area contributed by atoms with Gasteiger partial charge in [-0.25, -0.2) is 4.98 Å². The predicted molar refractivity (Wildman–Crippen MR) is 81.1 cm³/mol. The third kappa shape index (κ3) is 2.72. The number of benzene rings is 2. The Morgan fingerprint density at radius 1 is 1.19 bits per heavy atom. The summed E-state index contributed by atoms with van der Waals surface area (Å²) in [7, 11) is 0. The molecule has 4 heteroatoms. The first kappa shape index (κ1) is 13.2. The van der Waals surface area contributed by atoms with E-state index >= 15 is 0 Å². The molecule has 0 N–H and O–H groups in total. The van der Waals surface area contributed by atoms with Crippen molar-refractivity contribution in [2.45, 2.75) is 13.5 Å². The van der Waals surface area contributed by atoms with Crippen molar-refractivity contribution in [3.8, 4) is 11.8 Å². The van der Waals surface area contributed by atoms with E-state index in [1.165, 1.54) is 0 Å². The summed E-state index contributed by atoms with van der Waals surface area (Å²) in [5, 5.41) is 8.87. The molecule has 0 fully saturated rings. The van der Waals surface area contributed by atoms with E-state index in [0.29, 0.717) is 12.2 Å². The second kappa shape index (κ2) is 5.68. The van der Waals surface area contributed by atoms with Gasteiger partial charge in [-0.05, 0) is 37.3 Å². The highest BCUT2D eigenvalue weighted by atomic mass is 16.5. The number of hydrogen-bond acceptors (Lipinski definition) is 3. The van der Waals surface area contributed by atoms with Gasteiger partial charge in [0.15, 0.2) is 0 Å². The van der Waals surface area contributed by atoms with Crippen molar-refractivity contribution in [3.63, 3.8) is 0 Å². The molecule has 0 amide bonds. The van der Waals surface area contributed by atoms with Crippen LogP contribution in [-0.2, 0) is 6.54 Å². The van der Waals surface area contributed by atoms with Gasteiger partial charge in [-0.1, -0.05) is 18.2 Å². The number of nitrogens with zero attached hydrogens (tertiary/aromatic N) is 3. The summed E-state index contributed by atoms with van der Waals surface area (Å²) in [6.07, 6.45) is 0. The Morgan fingerprint density at radius 2 is 2.05 bits per heavy atom. The number of hydrogen-bond donors (Lipinski definition) is 0. The average Bonchev–Trinajstić information content (AvgIpc) is 2.83. The van der Waals surface area contributed by atoms with Crippen LogP contribution in [-0.4, -0.2) is 16.2 Å². The Kier molecular flexibility index (Phi) is 3.57. The van der Waals surface area contributed by atoms with Crippen molar-refractivity contribution in [2.75, 3.05) is 6.61 Å². The minimum atomic E-state index is 0.538. The van der Waals surface area contributed by atoms with E-state index in [1.54, 1.807) is 12.1 Å². The summed E-state index contributed by atoms with van der Waals surface area (Å²) >= 11 is 0. The molecule has 0 aliphatic rings. The quantitative estimate of drug-likeness (QED) is 0.735. The molecule has 3 aromatic rings. The molecule has 1 heterocycles. The van der Waals surface area contributed by atoms with E-state index in [9.17, 15) is 0 Å². The van der Waals surface area contributed by atoms with Crippen LogP contribution in [0.2, 0.25) is 0 Å². The van der Waals surface area contributed by atoms with Crippen LogP contribution >= 0.6 is 0 Å². The van der Waals surface area contributed by atoms with Crippen molar-refractivity contribution in [3.05, 3.63) is 59.9 Å². The summed E-state index contributed by atoms with van der Waals surface area (Å²) in [6, 6.07) is 17.4. The molecule has 1 aromatic heterocycles. The molecule has 21 heavy (non-hydrogen) atoms. The lowest BCUT2D eigenvalue weighted by Crippen LogP contribution is -2.09. The molecule has 4 nitrogen and oxygen atoms in total. The lowest BCUT2D eigenvalue weighted by Gasteiger charge is -2.09. The van der Waals surface area contributed by atoms with Crippen LogP contribution in [0.1, 0.15) is 11.4 Å². The topological polar surface area (TPSA) is 50.8 Å². The average molecular weight is 277 g/mol. The summed E-state index contributed by atoms with van der Waals surface area (Å²) in [6.45, 7) is 3.26. The number of imidazole rings is 1. The van der Waals surface area contributed by atoms with E-state index in [1.807, 2.05) is 37.3 Å². The maximum Gasteiger partial charge on any atom is 0.120 e. The second-order valence-electron chi connectivity index (χ2n) is 4.79. The number of nitriles is 1. The first-order chi connectivity index (χ1) is 10.3. The summed E-state index contributed by atoms with van der Waals surface area (Å²) in [5.41, 5.74) is 2.72. The van der Waals surface area contributed by atoms with Gasteiger partial charge in [-0.15, -0.1) is 0 Å². The van der Waals surface area contributed by atoms with Crippen LogP contribution in [0.25, 0.3) is 11.0 Å². The molecule has 0 bridgehead atoms. The highest BCUT2D eigenvalue weighted by molar-refractivity contribution is 5.75. The normalized spacial score (nSPS) is 10.5. The van der Waals surface area contributed by atoms with E-state index in [2.05, 4.69) is 21.7 Å². The molecule has 3 rings (SSSR count). The fraction of sp³-hybridized carbons (Fsp3) is 0.176. The number of para-hydroxylation sites is 2. The number of fused-ring (bicyclic) bond motifs is 1. The van der Waals surface area contributed by atoms with Gasteiger partial charge in [-0.3, -0.25) is 0 Å². The van der Waals surface area contributed by atoms with Gasteiger partial charge in [0.05, 0.1) is 29.2 Å². The summed E-state index contributed by atoms with van der Waals surface area (Å²) in [4.78, 5) is 4.53. The Bertz CT molecular complexity index is 814. The highest BCUT2D eigenvalue weighted by Crippen LogP contribution is 2.16. The predicted octanol–water partition coefficient (Wildman–Crippen LogP) is 3.30. The molecule has 0 unspecified atom stereocenters. The molecule has 0 saturated heterocycles. The minimum absolute atomic E-state index is 0.538. The fourth-order valence-corrected chi connectivity index (χ4v) is 2.39. The molecule has 0 radical (unpaired) electrons. The Hall–Kier alpha value is -2.80. The number of aryl methyl sites for hydroxylation is 1. The monoisotopic (exact) mass is 277 g/mol. The summed E-state index contributed by atoms with van der Waals surface area (Å²) < 4.78 is 7.87. The van der Waals surface area contributed by atoms with Gasteiger partial charge in [-0.2, -0.15) is 5.26 Å². The molecule has 0 aliphatic heterocycles. The Labute approximate surface area is 123 Å². The molecule has 104 valence electrons. The van der Waals surface area contributed by atoms with E-state index in [0.717, 1.165) is 29.2 Å². The number of ether oxygens (including phenoxy) is 1. The van der Waals surface area contributed by atoms with Gasteiger partial charge in [0.1, 0.15) is 18.2 Å². The maximum atomic E-state index is 8.87. The van der Waals surface area contributed by atoms with Crippen LogP contribution in [0.4, 0.5) is 0 Å². The lowest BCUT2D eigenvalue weighted by molar-refractivity contribution is 0.299. The molecular weight excluding hydrogens is 262 g/mol. The third-order valence-corrected chi connectivity index (χ3v) is 3.39. The van der Waals surface area contributed by atoms with Crippen molar-refractivity contribution in [1.82, 2.24) is 9.55 Å². The van der Waals surface area contributed by atoms with Crippen LogP contribution in [0, 0.1) is 18.3 Å². The Balaban J connectivity index is 1.72. The van der Waals surface area contributed by atoms with Crippen LogP contribution in [0.15, 0.2) is 48.5 Å². The van der Waals surface area contributed by atoms with Crippen molar-refractivity contribution in [1.29, 1.82) is 5.26 Å².